The van der Waals surface area contributed by atoms with Crippen molar-refractivity contribution in [3.8, 4) is 0 Å². The molecule has 0 radical (unpaired) electrons. The summed E-state index contributed by atoms with van der Waals surface area (Å²) in [6.07, 6.45) is 16.4. The zero-order chi connectivity index (χ0) is 32.1. The van der Waals surface area contributed by atoms with Crippen LogP contribution in [0.5, 0.6) is 0 Å². The minimum atomic E-state index is 0.248. The van der Waals surface area contributed by atoms with Gasteiger partial charge in [0, 0.05) is 26.1 Å². The highest BCUT2D eigenvalue weighted by Crippen LogP contribution is 2.61. The van der Waals surface area contributed by atoms with Crippen LogP contribution in [0, 0.1) is 0 Å². The van der Waals surface area contributed by atoms with Gasteiger partial charge in [0.2, 0.25) is 0 Å². The van der Waals surface area contributed by atoms with Crippen molar-refractivity contribution in [2.75, 3.05) is 9.80 Å². The molecule has 0 saturated carbocycles. The highest BCUT2D eigenvalue weighted by Gasteiger charge is 2.45. The van der Waals surface area contributed by atoms with Crippen LogP contribution < -0.4 is 9.80 Å². The molecule has 0 spiro atoms. The number of nitrogens with zero attached hydrogens (tertiary/aromatic N) is 2. The molecule has 1 saturated heterocycles. The van der Waals surface area contributed by atoms with Crippen LogP contribution in [0.25, 0.3) is 33.2 Å². The van der Waals surface area contributed by atoms with Crippen molar-refractivity contribution in [1.82, 2.24) is 0 Å². The van der Waals surface area contributed by atoms with E-state index < -0.39 is 0 Å². The summed E-state index contributed by atoms with van der Waals surface area (Å²) in [6, 6.07) is 43.6. The smallest absolute Gasteiger partial charge is 0.0649 e. The minimum Gasteiger partial charge on any atom is -0.356 e. The van der Waals surface area contributed by atoms with Gasteiger partial charge in [-0.25, -0.2) is 0 Å². The van der Waals surface area contributed by atoms with Crippen molar-refractivity contribution >= 4 is 79.5 Å². The maximum atomic E-state index is 2.75. The number of fused-ring (bicyclic) bond motifs is 8. The molecular formula is C45H32N2S2. The normalized spacial score (nSPS) is 21.3. The first-order valence-electron chi connectivity index (χ1n) is 17.2. The maximum absolute atomic E-state index is 2.75. The number of para-hydroxylation sites is 1. The van der Waals surface area contributed by atoms with Crippen LogP contribution in [0.4, 0.5) is 22.7 Å². The summed E-state index contributed by atoms with van der Waals surface area (Å²) >= 11 is 4.03. The number of allylic oxidation sites excluding steroid dienone is 4. The molecule has 6 aromatic carbocycles. The summed E-state index contributed by atoms with van der Waals surface area (Å²) in [7, 11) is 0. The lowest BCUT2D eigenvalue weighted by atomic mass is 9.79. The van der Waals surface area contributed by atoms with E-state index in [-0.39, 0.29) is 11.3 Å². The Labute approximate surface area is 295 Å². The SMILES string of the molecule is C1=CCC2C(=C1)SC1c3cc4c(c5c3C(=CC1N2c1ccc2ccccc2c1)CC=C5)Sc1ccccc1N4c1ccc2ccccc2c1. The first-order valence-corrected chi connectivity index (χ1v) is 18.9. The van der Waals surface area contributed by atoms with Gasteiger partial charge in [-0.1, -0.05) is 121 Å². The summed E-state index contributed by atoms with van der Waals surface area (Å²) < 4.78 is 0. The fourth-order valence-electron chi connectivity index (χ4n) is 8.67. The number of thioether (sulfide) groups is 1. The molecule has 0 N–H and O–H groups in total. The number of hydrogen-bond donors (Lipinski definition) is 0. The van der Waals surface area contributed by atoms with Crippen molar-refractivity contribution < 1.29 is 0 Å². The van der Waals surface area contributed by atoms with Crippen LogP contribution in [0.3, 0.4) is 0 Å². The molecule has 3 aliphatic carbocycles. The standard InChI is InChI=1S/C45H32N2S2/c1-3-12-30-24-33(22-20-28(30)10-1)46-37-16-5-8-19-42(37)49-45-36-27-40-44(35-15-9-14-32(43(35)36)26-39(45)46)48-41-18-7-6-17-38(41)47(40)34-23-21-29-11-2-4-13-31(29)25-34/h1-13,15,17-27,37,39,45H,14,16H2. The molecule has 234 valence electrons. The second kappa shape index (κ2) is 10.8. The fourth-order valence-corrected chi connectivity index (χ4v) is 11.3. The van der Waals surface area contributed by atoms with Crippen LogP contribution in [0.15, 0.2) is 160 Å². The lowest BCUT2D eigenvalue weighted by molar-refractivity contribution is 0.580. The molecule has 3 unspecified atom stereocenters. The molecule has 2 heterocycles. The van der Waals surface area contributed by atoms with Crippen molar-refractivity contribution in [2.45, 2.75) is 40.0 Å². The first kappa shape index (κ1) is 28.0. The van der Waals surface area contributed by atoms with Gasteiger partial charge in [0.25, 0.3) is 0 Å². The molecule has 2 nitrogen and oxygen atoms in total. The number of benzene rings is 6. The van der Waals surface area contributed by atoms with Gasteiger partial charge in [-0.3, -0.25) is 0 Å². The van der Waals surface area contributed by atoms with E-state index >= 15 is 0 Å². The third kappa shape index (κ3) is 4.24. The third-order valence-electron chi connectivity index (χ3n) is 10.8. The van der Waals surface area contributed by atoms with E-state index in [9.17, 15) is 0 Å². The van der Waals surface area contributed by atoms with Crippen molar-refractivity contribution in [2.24, 2.45) is 0 Å². The second-order valence-corrected chi connectivity index (χ2v) is 15.8. The lowest BCUT2D eigenvalue weighted by Crippen LogP contribution is -2.50. The van der Waals surface area contributed by atoms with Gasteiger partial charge >= 0.3 is 0 Å². The largest absolute Gasteiger partial charge is 0.356 e. The Bertz CT molecular complexity index is 2500. The quantitative estimate of drug-likeness (QED) is 0.181. The van der Waals surface area contributed by atoms with Crippen molar-refractivity contribution in [1.29, 1.82) is 0 Å². The van der Waals surface area contributed by atoms with Gasteiger partial charge in [-0.15, -0.1) is 11.8 Å². The number of hydrogen-bond acceptors (Lipinski definition) is 4. The highest BCUT2D eigenvalue weighted by molar-refractivity contribution is 8.03. The molecule has 6 aromatic rings. The van der Waals surface area contributed by atoms with Gasteiger partial charge in [0.05, 0.1) is 28.7 Å². The van der Waals surface area contributed by atoms with Crippen LogP contribution in [0.1, 0.15) is 34.8 Å². The zero-order valence-corrected chi connectivity index (χ0v) is 28.4. The molecule has 4 heteroatoms. The molecule has 1 fully saturated rings. The van der Waals surface area contributed by atoms with E-state index in [1.807, 2.05) is 11.8 Å². The summed E-state index contributed by atoms with van der Waals surface area (Å²) in [5.41, 5.74) is 10.8. The predicted octanol–water partition coefficient (Wildman–Crippen LogP) is 12.6. The number of rotatable bonds is 2. The summed E-state index contributed by atoms with van der Waals surface area (Å²) in [5, 5.41) is 5.40. The topological polar surface area (TPSA) is 6.48 Å². The summed E-state index contributed by atoms with van der Waals surface area (Å²) in [5.74, 6) is 0. The molecule has 0 bridgehead atoms. The molecule has 11 rings (SSSR count). The zero-order valence-electron chi connectivity index (χ0n) is 26.8. The van der Waals surface area contributed by atoms with E-state index in [0.717, 1.165) is 12.8 Å². The van der Waals surface area contributed by atoms with E-state index in [1.165, 1.54) is 81.3 Å². The van der Waals surface area contributed by atoms with E-state index in [1.54, 1.807) is 0 Å². The number of anilines is 4. The Hall–Kier alpha value is -4.90. The van der Waals surface area contributed by atoms with E-state index in [2.05, 4.69) is 173 Å². The van der Waals surface area contributed by atoms with Crippen LogP contribution in [-0.4, -0.2) is 12.1 Å². The predicted molar refractivity (Wildman–Crippen MR) is 211 cm³/mol. The Kier molecular flexibility index (Phi) is 6.17. The Morgan fingerprint density at radius 2 is 1.41 bits per heavy atom. The molecule has 49 heavy (non-hydrogen) atoms. The van der Waals surface area contributed by atoms with Gasteiger partial charge in [0.1, 0.15) is 0 Å². The monoisotopic (exact) mass is 664 g/mol. The van der Waals surface area contributed by atoms with E-state index in [4.69, 9.17) is 0 Å². The minimum absolute atomic E-state index is 0.248. The first-order chi connectivity index (χ1) is 24.3. The van der Waals surface area contributed by atoms with Crippen LogP contribution in [-0.2, 0) is 0 Å². The average molecular weight is 665 g/mol. The van der Waals surface area contributed by atoms with E-state index in [0.29, 0.717) is 6.04 Å². The Morgan fingerprint density at radius 3 is 2.24 bits per heavy atom. The van der Waals surface area contributed by atoms with Gasteiger partial charge in [-0.05, 0) is 99.1 Å². The summed E-state index contributed by atoms with van der Waals surface area (Å²) in [6.45, 7) is 0. The molecule has 5 aliphatic rings. The Morgan fingerprint density at radius 1 is 0.673 bits per heavy atom. The van der Waals surface area contributed by atoms with Crippen LogP contribution in [0.2, 0.25) is 0 Å². The fraction of sp³-hybridized carbons (Fsp3) is 0.111. The second-order valence-electron chi connectivity index (χ2n) is 13.6. The summed E-state index contributed by atoms with van der Waals surface area (Å²) in [4.78, 5) is 9.41. The van der Waals surface area contributed by atoms with Crippen LogP contribution >= 0.6 is 23.5 Å². The van der Waals surface area contributed by atoms with Gasteiger partial charge in [0.15, 0.2) is 0 Å². The molecular weight excluding hydrogens is 633 g/mol. The lowest BCUT2D eigenvalue weighted by Gasteiger charge is -2.51. The average Bonchev–Trinajstić information content (AvgIpc) is 3.16. The van der Waals surface area contributed by atoms with Gasteiger partial charge < -0.3 is 9.80 Å². The molecule has 0 aromatic heterocycles. The third-order valence-corrected chi connectivity index (χ3v) is 13.5. The highest BCUT2D eigenvalue weighted by atomic mass is 32.2. The Balaban J connectivity index is 1.13. The molecule has 3 atom stereocenters. The van der Waals surface area contributed by atoms with Crippen molar-refractivity contribution in [3.05, 3.63) is 167 Å². The maximum Gasteiger partial charge on any atom is 0.0649 e. The molecule has 2 aliphatic heterocycles. The van der Waals surface area contributed by atoms with Crippen molar-refractivity contribution in [3.63, 3.8) is 0 Å². The molecule has 0 amide bonds. The van der Waals surface area contributed by atoms with Gasteiger partial charge in [-0.2, -0.15) is 0 Å².